The summed E-state index contributed by atoms with van der Waals surface area (Å²) in [5, 5.41) is 0. The van der Waals surface area contributed by atoms with Crippen LogP contribution in [-0.2, 0) is 31.0 Å². The zero-order valence-electron chi connectivity index (χ0n) is 13.9. The smallest absolute Gasteiger partial charge is 0.404 e. The average molecular weight is 338 g/mol. The molecule has 1 rings (SSSR count). The van der Waals surface area contributed by atoms with Gasteiger partial charge in [0.1, 0.15) is 0 Å². The molecule has 0 aliphatic rings. The molecule has 1 aromatic rings. The standard InChI is InChI=1S/C18H27O4P/c1-4-7-8-11-17-12-9-13-18(16-17)14-10-15-22-23(19,20-5-2)21-6-3/h5-6,9,12-13,16H,2-4,7-8,10-11,14-15H2,1H3. The fraction of sp³-hybridized carbons (Fsp3) is 0.444. The van der Waals surface area contributed by atoms with E-state index in [1.807, 2.05) is 0 Å². The number of hydrogen-bond acceptors (Lipinski definition) is 4. The number of rotatable bonds is 13. The van der Waals surface area contributed by atoms with Gasteiger partial charge in [0.2, 0.25) is 0 Å². The number of phosphoric acid groups is 1. The van der Waals surface area contributed by atoms with E-state index in [0.29, 0.717) is 0 Å². The van der Waals surface area contributed by atoms with Crippen molar-refractivity contribution in [3.8, 4) is 0 Å². The van der Waals surface area contributed by atoms with E-state index >= 15 is 0 Å². The summed E-state index contributed by atoms with van der Waals surface area (Å²) in [6.45, 7) is 9.20. The highest BCUT2D eigenvalue weighted by Crippen LogP contribution is 2.49. The van der Waals surface area contributed by atoms with E-state index in [0.717, 1.165) is 31.8 Å². The SMILES string of the molecule is C=COP(=O)(OC=C)OCCCc1cccc(CCCCC)c1. The lowest BCUT2D eigenvalue weighted by atomic mass is 10.0. The molecule has 0 heterocycles. The lowest BCUT2D eigenvalue weighted by molar-refractivity contribution is 0.178. The molecule has 1 aromatic carbocycles. The van der Waals surface area contributed by atoms with E-state index in [1.54, 1.807) is 0 Å². The van der Waals surface area contributed by atoms with Gasteiger partial charge in [-0.25, -0.2) is 4.57 Å². The fourth-order valence-electron chi connectivity index (χ4n) is 2.24. The van der Waals surface area contributed by atoms with Gasteiger partial charge in [-0.1, -0.05) is 57.2 Å². The third-order valence-electron chi connectivity index (χ3n) is 3.33. The van der Waals surface area contributed by atoms with Crippen molar-refractivity contribution in [2.24, 2.45) is 0 Å². The minimum Gasteiger partial charge on any atom is -0.404 e. The van der Waals surface area contributed by atoms with Crippen molar-refractivity contribution < 1.29 is 18.1 Å². The molecular formula is C18H27O4P. The summed E-state index contributed by atoms with van der Waals surface area (Å²) in [4.78, 5) is 0. The first kappa shape index (κ1) is 19.5. The summed E-state index contributed by atoms with van der Waals surface area (Å²) < 4.78 is 26.8. The molecule has 4 nitrogen and oxygen atoms in total. The van der Waals surface area contributed by atoms with Crippen LogP contribution in [0.25, 0.3) is 0 Å². The maximum Gasteiger partial charge on any atom is 0.586 e. The minimum absolute atomic E-state index is 0.277. The van der Waals surface area contributed by atoms with Crippen molar-refractivity contribution in [2.75, 3.05) is 6.61 Å². The Labute approximate surface area is 139 Å². The number of hydrogen-bond donors (Lipinski definition) is 0. The molecule has 0 aliphatic heterocycles. The van der Waals surface area contributed by atoms with Crippen LogP contribution in [0.2, 0.25) is 0 Å². The maximum atomic E-state index is 12.0. The summed E-state index contributed by atoms with van der Waals surface area (Å²) in [7, 11) is -3.60. The van der Waals surface area contributed by atoms with E-state index < -0.39 is 7.82 Å². The Balaban J connectivity index is 2.40. The quantitative estimate of drug-likeness (QED) is 0.259. The van der Waals surface area contributed by atoms with Gasteiger partial charge in [0.05, 0.1) is 19.1 Å². The van der Waals surface area contributed by atoms with Gasteiger partial charge >= 0.3 is 7.82 Å². The Morgan fingerprint density at radius 2 is 1.65 bits per heavy atom. The van der Waals surface area contributed by atoms with Crippen molar-refractivity contribution in [1.82, 2.24) is 0 Å². The summed E-state index contributed by atoms with van der Waals surface area (Å²) in [6, 6.07) is 8.59. The Morgan fingerprint density at radius 1 is 1.04 bits per heavy atom. The molecule has 0 spiro atoms. The van der Waals surface area contributed by atoms with E-state index in [1.165, 1.54) is 30.4 Å². The fourth-order valence-corrected chi connectivity index (χ4v) is 3.13. The van der Waals surface area contributed by atoms with Gasteiger partial charge in [-0.05, 0) is 36.8 Å². The average Bonchev–Trinajstić information content (AvgIpc) is 2.53. The Hall–Kier alpha value is -1.51. The Morgan fingerprint density at radius 3 is 2.22 bits per heavy atom. The monoisotopic (exact) mass is 338 g/mol. The summed E-state index contributed by atoms with van der Waals surface area (Å²) in [6.07, 6.45) is 8.51. The van der Waals surface area contributed by atoms with E-state index in [9.17, 15) is 4.57 Å². The van der Waals surface area contributed by atoms with E-state index in [-0.39, 0.29) is 6.61 Å². The minimum atomic E-state index is -3.60. The van der Waals surface area contributed by atoms with Crippen LogP contribution in [-0.4, -0.2) is 6.61 Å². The van der Waals surface area contributed by atoms with Crippen LogP contribution in [0.5, 0.6) is 0 Å². The summed E-state index contributed by atoms with van der Waals surface area (Å²) >= 11 is 0. The topological polar surface area (TPSA) is 44.8 Å². The second-order valence-electron chi connectivity index (χ2n) is 5.21. The molecule has 0 saturated heterocycles. The van der Waals surface area contributed by atoms with Gasteiger partial charge in [0.25, 0.3) is 0 Å². The molecule has 0 saturated carbocycles. The van der Waals surface area contributed by atoms with Crippen LogP contribution in [0.4, 0.5) is 0 Å². The predicted molar refractivity (Wildman–Crippen MR) is 94.1 cm³/mol. The van der Waals surface area contributed by atoms with Crippen LogP contribution in [0.1, 0.15) is 43.7 Å². The van der Waals surface area contributed by atoms with Crippen LogP contribution >= 0.6 is 7.82 Å². The molecule has 0 atom stereocenters. The molecule has 0 aromatic heterocycles. The number of aryl methyl sites for hydroxylation is 2. The molecule has 0 bridgehead atoms. The highest BCUT2D eigenvalue weighted by Gasteiger charge is 2.26. The second-order valence-corrected chi connectivity index (χ2v) is 6.78. The van der Waals surface area contributed by atoms with Gasteiger partial charge in [0, 0.05) is 0 Å². The third-order valence-corrected chi connectivity index (χ3v) is 4.64. The van der Waals surface area contributed by atoms with Crippen LogP contribution in [0.3, 0.4) is 0 Å². The molecule has 0 fully saturated rings. The molecule has 0 N–H and O–H groups in total. The number of phosphoric ester groups is 1. The normalized spacial score (nSPS) is 11.0. The van der Waals surface area contributed by atoms with Gasteiger partial charge in [0.15, 0.2) is 0 Å². The maximum absolute atomic E-state index is 12.0. The highest BCUT2D eigenvalue weighted by molar-refractivity contribution is 7.48. The molecule has 5 heteroatoms. The molecule has 0 aliphatic carbocycles. The first-order valence-electron chi connectivity index (χ1n) is 8.04. The van der Waals surface area contributed by atoms with Gasteiger partial charge in [-0.3, -0.25) is 4.52 Å². The van der Waals surface area contributed by atoms with Gasteiger partial charge < -0.3 is 9.05 Å². The molecule has 0 radical (unpaired) electrons. The number of benzene rings is 1. The lowest BCUT2D eigenvalue weighted by Crippen LogP contribution is -1.98. The van der Waals surface area contributed by atoms with E-state index in [4.69, 9.17) is 13.6 Å². The van der Waals surface area contributed by atoms with Gasteiger partial charge in [-0.2, -0.15) is 0 Å². The molecule has 0 unspecified atom stereocenters. The van der Waals surface area contributed by atoms with Crippen LogP contribution in [0, 0.1) is 0 Å². The lowest BCUT2D eigenvalue weighted by Gasteiger charge is -2.14. The summed E-state index contributed by atoms with van der Waals surface area (Å²) in [5.74, 6) is 0. The van der Waals surface area contributed by atoms with Crippen molar-refractivity contribution in [1.29, 1.82) is 0 Å². The van der Waals surface area contributed by atoms with Crippen molar-refractivity contribution >= 4 is 7.82 Å². The predicted octanol–water partition coefficient (Wildman–Crippen LogP) is 5.80. The first-order chi connectivity index (χ1) is 11.1. The Kier molecular flexibility index (Phi) is 9.42. The molecule has 128 valence electrons. The van der Waals surface area contributed by atoms with Crippen LogP contribution < -0.4 is 0 Å². The van der Waals surface area contributed by atoms with Crippen molar-refractivity contribution in [3.63, 3.8) is 0 Å². The largest absolute Gasteiger partial charge is 0.586 e. The summed E-state index contributed by atoms with van der Waals surface area (Å²) in [5.41, 5.74) is 2.62. The molecule has 23 heavy (non-hydrogen) atoms. The van der Waals surface area contributed by atoms with Crippen molar-refractivity contribution in [3.05, 3.63) is 61.1 Å². The first-order valence-corrected chi connectivity index (χ1v) is 9.50. The third kappa shape index (κ3) is 8.06. The second kappa shape index (κ2) is 11.1. The van der Waals surface area contributed by atoms with Crippen LogP contribution in [0.15, 0.2) is 49.9 Å². The number of unbranched alkanes of at least 4 members (excludes halogenated alkanes) is 2. The van der Waals surface area contributed by atoms with Gasteiger partial charge in [-0.15, -0.1) is 0 Å². The Bertz CT molecular complexity index is 514. The molecular weight excluding hydrogens is 311 g/mol. The highest BCUT2D eigenvalue weighted by atomic mass is 31.2. The molecule has 0 amide bonds. The zero-order chi connectivity index (χ0) is 17.0. The zero-order valence-corrected chi connectivity index (χ0v) is 14.8. The van der Waals surface area contributed by atoms with Crippen molar-refractivity contribution in [2.45, 2.75) is 45.4 Å². The van der Waals surface area contributed by atoms with E-state index in [2.05, 4.69) is 44.3 Å².